The number of nitrogens with one attached hydrogen (secondary N) is 1. The second-order valence-electron chi connectivity index (χ2n) is 5.91. The summed E-state index contributed by atoms with van der Waals surface area (Å²) in [6.07, 6.45) is 8.90. The number of piperidine rings is 1. The molecule has 0 radical (unpaired) electrons. The maximum atomic E-state index is 15.0. The lowest BCUT2D eigenvalue weighted by atomic mass is 9.86. The fourth-order valence-corrected chi connectivity index (χ4v) is 3.57. The molecule has 0 aliphatic carbocycles. The van der Waals surface area contributed by atoms with Gasteiger partial charge in [-0.05, 0) is 32.1 Å². The zero-order chi connectivity index (χ0) is 12.6. The van der Waals surface area contributed by atoms with Crippen molar-refractivity contribution in [2.45, 2.75) is 69.7 Å². The summed E-state index contributed by atoms with van der Waals surface area (Å²) in [6.45, 7) is 3.08. The van der Waals surface area contributed by atoms with Crippen LogP contribution in [0.2, 0.25) is 0 Å². The average Bonchev–Trinajstić information content (AvgIpc) is 2.87. The van der Waals surface area contributed by atoms with Crippen LogP contribution in [0.4, 0.5) is 4.39 Å². The Balaban J connectivity index is 1.73. The van der Waals surface area contributed by atoms with Gasteiger partial charge in [-0.15, -0.1) is 0 Å². The molecular formula is C14H22FN3. The Labute approximate surface area is 108 Å². The van der Waals surface area contributed by atoms with Crippen molar-refractivity contribution >= 4 is 0 Å². The van der Waals surface area contributed by atoms with Crippen molar-refractivity contribution in [2.24, 2.45) is 0 Å². The van der Waals surface area contributed by atoms with E-state index >= 15 is 4.39 Å². The average molecular weight is 251 g/mol. The van der Waals surface area contributed by atoms with E-state index in [9.17, 15) is 0 Å². The van der Waals surface area contributed by atoms with Crippen LogP contribution in [0.15, 0.2) is 12.4 Å². The van der Waals surface area contributed by atoms with Crippen LogP contribution in [0, 0.1) is 0 Å². The molecule has 2 atom stereocenters. The topological polar surface area (TPSA) is 29.9 Å². The molecular weight excluding hydrogens is 229 g/mol. The van der Waals surface area contributed by atoms with E-state index in [4.69, 9.17) is 0 Å². The fourth-order valence-electron chi connectivity index (χ4n) is 3.57. The Morgan fingerprint density at radius 3 is 2.83 bits per heavy atom. The minimum atomic E-state index is -1.05. The molecule has 1 N–H and O–H groups in total. The minimum Gasteiger partial charge on any atom is -0.335 e. The van der Waals surface area contributed by atoms with Crippen molar-refractivity contribution in [3.05, 3.63) is 18.2 Å². The van der Waals surface area contributed by atoms with Gasteiger partial charge in [0.15, 0.2) is 0 Å². The van der Waals surface area contributed by atoms with Crippen LogP contribution in [0.25, 0.3) is 0 Å². The van der Waals surface area contributed by atoms with Crippen LogP contribution in [0.1, 0.15) is 44.9 Å². The van der Waals surface area contributed by atoms with Gasteiger partial charge in [0.05, 0.1) is 0 Å². The van der Waals surface area contributed by atoms with Gasteiger partial charge in [0.2, 0.25) is 0 Å². The Morgan fingerprint density at radius 2 is 2.17 bits per heavy atom. The van der Waals surface area contributed by atoms with Crippen LogP contribution in [-0.2, 0) is 13.0 Å². The van der Waals surface area contributed by atoms with Gasteiger partial charge in [0, 0.05) is 37.4 Å². The van der Waals surface area contributed by atoms with Crippen molar-refractivity contribution in [3.63, 3.8) is 0 Å². The summed E-state index contributed by atoms with van der Waals surface area (Å²) in [4.78, 5) is 4.35. The zero-order valence-electron chi connectivity index (χ0n) is 11.0. The number of hydrogen-bond acceptors (Lipinski definition) is 2. The van der Waals surface area contributed by atoms with Crippen LogP contribution in [0.3, 0.4) is 0 Å². The SMILES string of the molecule is CCCn1ccnc1CC1(F)CC2CCC(C1)N2. The number of aromatic nitrogens is 2. The molecule has 2 aliphatic rings. The first kappa shape index (κ1) is 12.2. The van der Waals surface area contributed by atoms with E-state index in [1.807, 2.05) is 6.20 Å². The van der Waals surface area contributed by atoms with Gasteiger partial charge in [-0.2, -0.15) is 0 Å². The maximum absolute atomic E-state index is 15.0. The Hall–Kier alpha value is -0.900. The Bertz CT molecular complexity index is 403. The van der Waals surface area contributed by atoms with Gasteiger partial charge in [-0.3, -0.25) is 0 Å². The number of fused-ring (bicyclic) bond motifs is 2. The smallest absolute Gasteiger partial charge is 0.121 e. The molecule has 2 bridgehead atoms. The number of hydrogen-bond donors (Lipinski definition) is 1. The van der Waals surface area contributed by atoms with E-state index < -0.39 is 5.67 Å². The Morgan fingerprint density at radius 1 is 1.44 bits per heavy atom. The summed E-state index contributed by atoms with van der Waals surface area (Å²) in [5.41, 5.74) is -1.05. The van der Waals surface area contributed by atoms with Crippen LogP contribution >= 0.6 is 0 Å². The lowest BCUT2D eigenvalue weighted by Gasteiger charge is -2.34. The molecule has 0 aromatic carbocycles. The fraction of sp³-hybridized carbons (Fsp3) is 0.786. The predicted molar refractivity (Wildman–Crippen MR) is 69.2 cm³/mol. The molecule has 2 unspecified atom stereocenters. The van der Waals surface area contributed by atoms with E-state index in [2.05, 4.69) is 21.8 Å². The third kappa shape index (κ3) is 2.30. The molecule has 18 heavy (non-hydrogen) atoms. The molecule has 4 heteroatoms. The van der Waals surface area contributed by atoms with Crippen LogP contribution < -0.4 is 5.32 Å². The zero-order valence-corrected chi connectivity index (χ0v) is 11.0. The van der Waals surface area contributed by atoms with E-state index in [1.165, 1.54) is 0 Å². The third-order valence-electron chi connectivity index (χ3n) is 4.30. The first-order valence-electron chi connectivity index (χ1n) is 7.13. The summed E-state index contributed by atoms with van der Waals surface area (Å²) >= 11 is 0. The molecule has 2 saturated heterocycles. The number of halogens is 1. The van der Waals surface area contributed by atoms with Crippen LogP contribution in [-0.4, -0.2) is 27.3 Å². The molecule has 100 valence electrons. The van der Waals surface area contributed by atoms with Crippen LogP contribution in [0.5, 0.6) is 0 Å². The molecule has 0 amide bonds. The van der Waals surface area contributed by atoms with Gasteiger partial charge >= 0.3 is 0 Å². The standard InChI is InChI=1S/C14H22FN3/c1-2-6-18-7-5-16-13(18)10-14(15)8-11-3-4-12(9-14)17-11/h5,7,11-12,17H,2-4,6,8-10H2,1H3. The highest BCUT2D eigenvalue weighted by Crippen LogP contribution is 2.38. The first-order valence-corrected chi connectivity index (χ1v) is 7.13. The van der Waals surface area contributed by atoms with Gasteiger partial charge in [0.25, 0.3) is 0 Å². The lowest BCUT2D eigenvalue weighted by Crippen LogP contribution is -2.47. The number of imidazole rings is 1. The van der Waals surface area contributed by atoms with Gasteiger partial charge in [-0.1, -0.05) is 6.92 Å². The molecule has 2 aliphatic heterocycles. The highest BCUT2D eigenvalue weighted by Gasteiger charge is 2.44. The minimum absolute atomic E-state index is 0.392. The predicted octanol–water partition coefficient (Wildman–Crippen LogP) is 2.46. The summed E-state index contributed by atoms with van der Waals surface area (Å²) in [5, 5.41) is 3.50. The quantitative estimate of drug-likeness (QED) is 0.891. The summed E-state index contributed by atoms with van der Waals surface area (Å²) < 4.78 is 17.1. The molecule has 0 saturated carbocycles. The molecule has 0 spiro atoms. The molecule has 1 aromatic heterocycles. The molecule has 3 heterocycles. The summed E-state index contributed by atoms with van der Waals surface area (Å²) in [7, 11) is 0. The van der Waals surface area contributed by atoms with E-state index in [0.717, 1.165) is 31.6 Å². The van der Waals surface area contributed by atoms with Gasteiger partial charge in [0.1, 0.15) is 11.5 Å². The molecule has 3 rings (SSSR count). The lowest BCUT2D eigenvalue weighted by molar-refractivity contribution is 0.0861. The van der Waals surface area contributed by atoms with Crippen molar-refractivity contribution < 1.29 is 4.39 Å². The number of aryl methyl sites for hydroxylation is 1. The van der Waals surface area contributed by atoms with Crippen molar-refractivity contribution in [1.82, 2.24) is 14.9 Å². The normalized spacial score (nSPS) is 35.0. The first-order chi connectivity index (χ1) is 8.68. The maximum Gasteiger partial charge on any atom is 0.121 e. The number of alkyl halides is 1. The largest absolute Gasteiger partial charge is 0.335 e. The van der Waals surface area contributed by atoms with E-state index in [1.54, 1.807) is 6.20 Å². The van der Waals surface area contributed by atoms with Crippen molar-refractivity contribution in [1.29, 1.82) is 0 Å². The van der Waals surface area contributed by atoms with Gasteiger partial charge < -0.3 is 9.88 Å². The summed E-state index contributed by atoms with van der Waals surface area (Å²) in [5.74, 6) is 0.917. The highest BCUT2D eigenvalue weighted by atomic mass is 19.1. The highest BCUT2D eigenvalue weighted by molar-refractivity contribution is 5.06. The number of nitrogens with zero attached hydrogens (tertiary/aromatic N) is 2. The molecule has 1 aromatic rings. The molecule has 3 nitrogen and oxygen atoms in total. The molecule has 2 fully saturated rings. The van der Waals surface area contributed by atoms with E-state index in [-0.39, 0.29) is 0 Å². The number of rotatable bonds is 4. The summed E-state index contributed by atoms with van der Waals surface area (Å²) in [6, 6.07) is 0.784. The van der Waals surface area contributed by atoms with Crippen molar-refractivity contribution in [3.8, 4) is 0 Å². The van der Waals surface area contributed by atoms with Crippen molar-refractivity contribution in [2.75, 3.05) is 0 Å². The second-order valence-corrected chi connectivity index (χ2v) is 5.91. The second kappa shape index (κ2) is 4.65. The monoisotopic (exact) mass is 251 g/mol. The Kier molecular flexibility index (Phi) is 3.14. The third-order valence-corrected chi connectivity index (χ3v) is 4.30. The van der Waals surface area contributed by atoms with Gasteiger partial charge in [-0.25, -0.2) is 9.37 Å². The van der Waals surface area contributed by atoms with E-state index in [0.29, 0.717) is 31.3 Å².